The number of aryl methyl sites for hydroxylation is 1. The fourth-order valence-electron chi connectivity index (χ4n) is 3.41. The Bertz CT molecular complexity index is 651. The first kappa shape index (κ1) is 11.4. The lowest BCUT2D eigenvalue weighted by Crippen LogP contribution is -2.37. The minimum absolute atomic E-state index is 0.185. The van der Waals surface area contributed by atoms with Crippen LogP contribution in [0.3, 0.4) is 0 Å². The number of hydrogen-bond acceptors (Lipinski definition) is 3. The molecule has 19 heavy (non-hydrogen) atoms. The van der Waals surface area contributed by atoms with Crippen molar-refractivity contribution in [2.75, 3.05) is 0 Å². The molecule has 0 bridgehead atoms. The Morgan fingerprint density at radius 2 is 2.16 bits per heavy atom. The minimum Gasteiger partial charge on any atom is -0.390 e. The molecule has 100 valence electrons. The normalized spacial score (nSPS) is 37.3. The van der Waals surface area contributed by atoms with Crippen LogP contribution in [0.5, 0.6) is 0 Å². The van der Waals surface area contributed by atoms with Gasteiger partial charge in [-0.3, -0.25) is 4.68 Å². The summed E-state index contributed by atoms with van der Waals surface area (Å²) in [6, 6.07) is 8.51. The molecule has 4 heteroatoms. The van der Waals surface area contributed by atoms with E-state index < -0.39 is 0 Å². The lowest BCUT2D eigenvalue weighted by atomic mass is 9.85. The van der Waals surface area contributed by atoms with Crippen LogP contribution in [0.1, 0.15) is 31.5 Å². The average Bonchev–Trinajstić information content (AvgIpc) is 2.97. The predicted molar refractivity (Wildman–Crippen MR) is 72.0 cm³/mol. The van der Waals surface area contributed by atoms with Crippen molar-refractivity contribution >= 4 is 10.9 Å². The number of epoxide rings is 1. The number of hydrogen-bond donors (Lipinski definition) is 1. The molecular formula is C15H18N2O2. The number of ether oxygens (including phenoxy) is 1. The lowest BCUT2D eigenvalue weighted by Gasteiger charge is -2.28. The number of benzene rings is 1. The zero-order valence-corrected chi connectivity index (χ0v) is 11.2. The summed E-state index contributed by atoms with van der Waals surface area (Å²) in [7, 11) is 0. The topological polar surface area (TPSA) is 50.6 Å². The molecule has 2 aromatic rings. The van der Waals surface area contributed by atoms with Crippen LogP contribution in [0.15, 0.2) is 24.3 Å². The van der Waals surface area contributed by atoms with E-state index in [4.69, 9.17) is 4.74 Å². The summed E-state index contributed by atoms with van der Waals surface area (Å²) in [5, 5.41) is 16.1. The first-order chi connectivity index (χ1) is 9.09. The fourth-order valence-corrected chi connectivity index (χ4v) is 3.41. The van der Waals surface area contributed by atoms with Crippen LogP contribution in [-0.2, 0) is 4.74 Å². The van der Waals surface area contributed by atoms with E-state index in [1.165, 1.54) is 5.39 Å². The lowest BCUT2D eigenvalue weighted by molar-refractivity contribution is 0.0597. The van der Waals surface area contributed by atoms with Crippen molar-refractivity contribution < 1.29 is 9.84 Å². The Labute approximate surface area is 112 Å². The van der Waals surface area contributed by atoms with E-state index in [2.05, 4.69) is 21.9 Å². The zero-order chi connectivity index (χ0) is 13.2. The Balaban J connectivity index is 1.75. The number of aromatic nitrogens is 2. The van der Waals surface area contributed by atoms with Crippen LogP contribution in [0, 0.1) is 6.92 Å². The molecule has 1 aromatic heterocycles. The van der Waals surface area contributed by atoms with E-state index in [-0.39, 0.29) is 23.9 Å². The minimum atomic E-state index is -0.389. The molecule has 1 aromatic carbocycles. The smallest absolute Gasteiger partial charge is 0.118 e. The number of aliphatic hydroxyl groups excluding tert-OH is 1. The van der Waals surface area contributed by atoms with E-state index in [9.17, 15) is 5.11 Å². The van der Waals surface area contributed by atoms with Gasteiger partial charge in [-0.25, -0.2) is 0 Å². The highest BCUT2D eigenvalue weighted by atomic mass is 16.6. The van der Waals surface area contributed by atoms with Crippen molar-refractivity contribution in [1.82, 2.24) is 9.78 Å². The van der Waals surface area contributed by atoms with Gasteiger partial charge in [-0.15, -0.1) is 0 Å². The van der Waals surface area contributed by atoms with Gasteiger partial charge in [0.1, 0.15) is 5.60 Å². The van der Waals surface area contributed by atoms with E-state index in [0.717, 1.165) is 24.1 Å². The van der Waals surface area contributed by atoms with E-state index in [1.807, 2.05) is 26.0 Å². The summed E-state index contributed by atoms with van der Waals surface area (Å²) in [5.41, 5.74) is 1.91. The second-order valence-electron chi connectivity index (χ2n) is 5.98. The first-order valence-electron chi connectivity index (χ1n) is 6.89. The Morgan fingerprint density at radius 3 is 2.95 bits per heavy atom. The van der Waals surface area contributed by atoms with Crippen molar-refractivity contribution in [2.24, 2.45) is 0 Å². The van der Waals surface area contributed by atoms with Gasteiger partial charge >= 0.3 is 0 Å². The van der Waals surface area contributed by atoms with Crippen molar-refractivity contribution in [3.8, 4) is 0 Å². The molecule has 1 aliphatic carbocycles. The molecule has 2 heterocycles. The molecule has 1 saturated carbocycles. The van der Waals surface area contributed by atoms with Crippen LogP contribution in [0.4, 0.5) is 0 Å². The molecule has 0 spiro atoms. The summed E-state index contributed by atoms with van der Waals surface area (Å²) in [6.45, 7) is 4.04. The van der Waals surface area contributed by atoms with Gasteiger partial charge in [0, 0.05) is 5.39 Å². The number of nitrogens with zero attached hydrogens (tertiary/aromatic N) is 2. The van der Waals surface area contributed by atoms with Gasteiger partial charge in [-0.1, -0.05) is 18.2 Å². The molecule has 1 N–H and O–H groups in total. The van der Waals surface area contributed by atoms with Gasteiger partial charge in [0.2, 0.25) is 0 Å². The van der Waals surface area contributed by atoms with Gasteiger partial charge in [0.25, 0.3) is 0 Å². The maximum Gasteiger partial charge on any atom is 0.118 e. The zero-order valence-electron chi connectivity index (χ0n) is 11.2. The SMILES string of the molecule is Cc1nn([C@@H]2C[C@@H](O)[C@@]3(C)O[C@H]3C2)c2ccccc12. The molecular weight excluding hydrogens is 240 g/mol. The fraction of sp³-hybridized carbons (Fsp3) is 0.533. The number of rotatable bonds is 1. The summed E-state index contributed by atoms with van der Waals surface area (Å²) < 4.78 is 7.74. The second kappa shape index (κ2) is 3.58. The molecule has 1 saturated heterocycles. The molecule has 0 unspecified atom stereocenters. The largest absolute Gasteiger partial charge is 0.390 e. The maximum atomic E-state index is 10.2. The van der Waals surface area contributed by atoms with Gasteiger partial charge in [0.15, 0.2) is 0 Å². The molecule has 0 amide bonds. The summed E-state index contributed by atoms with van der Waals surface area (Å²) >= 11 is 0. The van der Waals surface area contributed by atoms with Gasteiger partial charge in [0.05, 0.1) is 29.5 Å². The van der Waals surface area contributed by atoms with E-state index in [1.54, 1.807) is 0 Å². The van der Waals surface area contributed by atoms with Crippen molar-refractivity contribution in [3.05, 3.63) is 30.0 Å². The molecule has 4 nitrogen and oxygen atoms in total. The molecule has 4 atom stereocenters. The van der Waals surface area contributed by atoms with Gasteiger partial charge in [-0.2, -0.15) is 5.10 Å². The molecule has 0 radical (unpaired) electrons. The van der Waals surface area contributed by atoms with Crippen molar-refractivity contribution in [1.29, 1.82) is 0 Å². The highest BCUT2D eigenvalue weighted by Gasteiger charge is 2.61. The first-order valence-corrected chi connectivity index (χ1v) is 6.89. The average molecular weight is 258 g/mol. The Kier molecular flexibility index (Phi) is 2.16. The maximum absolute atomic E-state index is 10.2. The monoisotopic (exact) mass is 258 g/mol. The molecule has 4 rings (SSSR count). The van der Waals surface area contributed by atoms with Crippen LogP contribution in [-0.4, -0.2) is 32.7 Å². The molecule has 2 aliphatic rings. The summed E-state index contributed by atoms with van der Waals surface area (Å²) in [4.78, 5) is 0. The van der Waals surface area contributed by atoms with Crippen molar-refractivity contribution in [3.63, 3.8) is 0 Å². The van der Waals surface area contributed by atoms with Gasteiger partial charge < -0.3 is 9.84 Å². The molecule has 1 aliphatic heterocycles. The third-order valence-corrected chi connectivity index (χ3v) is 4.77. The van der Waals surface area contributed by atoms with E-state index >= 15 is 0 Å². The van der Waals surface area contributed by atoms with Crippen LogP contribution in [0.25, 0.3) is 10.9 Å². The summed E-state index contributed by atoms with van der Waals surface area (Å²) in [5.74, 6) is 0. The predicted octanol–water partition coefficient (Wildman–Crippen LogP) is 2.20. The van der Waals surface area contributed by atoms with E-state index in [0.29, 0.717) is 0 Å². The van der Waals surface area contributed by atoms with Crippen LogP contribution in [0.2, 0.25) is 0 Å². The molecule has 2 fully saturated rings. The number of fused-ring (bicyclic) bond motifs is 2. The second-order valence-corrected chi connectivity index (χ2v) is 5.98. The van der Waals surface area contributed by atoms with Crippen molar-refractivity contribution in [2.45, 2.75) is 50.5 Å². The van der Waals surface area contributed by atoms with Crippen LogP contribution >= 0.6 is 0 Å². The Hall–Kier alpha value is -1.39. The Morgan fingerprint density at radius 1 is 1.37 bits per heavy atom. The highest BCUT2D eigenvalue weighted by molar-refractivity contribution is 5.81. The summed E-state index contributed by atoms with van der Waals surface area (Å²) in [6.07, 6.45) is 1.46. The quantitative estimate of drug-likeness (QED) is 0.798. The third kappa shape index (κ3) is 1.50. The number of aliphatic hydroxyl groups is 1. The highest BCUT2D eigenvalue weighted by Crippen LogP contribution is 2.50. The van der Waals surface area contributed by atoms with Gasteiger partial charge in [-0.05, 0) is 32.8 Å². The standard InChI is InChI=1S/C15H18N2O2/c1-9-11-5-3-4-6-12(11)17(16-9)10-7-13(18)15(2)14(8-10)19-15/h3-6,10,13-14,18H,7-8H2,1-2H3/t10-,13-,14+,15-/m1/s1. The number of para-hydroxylation sites is 1. The third-order valence-electron chi connectivity index (χ3n) is 4.77. The van der Waals surface area contributed by atoms with Crippen LogP contribution < -0.4 is 0 Å².